The molecule has 0 aliphatic rings. The van der Waals surface area contributed by atoms with Crippen LogP contribution in [0.3, 0.4) is 0 Å². The van der Waals surface area contributed by atoms with Crippen LogP contribution in [0.5, 0.6) is 0 Å². The Bertz CT molecular complexity index is 628. The van der Waals surface area contributed by atoms with Crippen molar-refractivity contribution in [2.24, 2.45) is 5.73 Å². The zero-order chi connectivity index (χ0) is 11.5. The first-order valence-electron chi connectivity index (χ1n) is 4.38. The largest absolute Gasteiger partial charge is 0.359 e. The summed E-state index contributed by atoms with van der Waals surface area (Å²) < 4.78 is 0. The lowest BCUT2D eigenvalue weighted by atomic mass is 10.1. The molecule has 0 unspecified atom stereocenters. The Morgan fingerprint density at radius 2 is 2.19 bits per heavy atom. The van der Waals surface area contributed by atoms with Gasteiger partial charge in [-0.2, -0.15) is 0 Å². The Balaban J connectivity index is 2.57. The Morgan fingerprint density at radius 3 is 2.94 bits per heavy atom. The van der Waals surface area contributed by atoms with E-state index in [1.165, 1.54) is 6.33 Å². The van der Waals surface area contributed by atoms with E-state index in [0.29, 0.717) is 16.1 Å². The fourth-order valence-electron chi connectivity index (χ4n) is 1.24. The Hall–Kier alpha value is -2.12. The lowest BCUT2D eigenvalue weighted by molar-refractivity contribution is -0.112. The van der Waals surface area contributed by atoms with Crippen molar-refractivity contribution in [3.63, 3.8) is 0 Å². The van der Waals surface area contributed by atoms with Crippen LogP contribution in [0.4, 0.5) is 0 Å². The molecular weight excluding hydrogens is 226 g/mol. The molecule has 1 aromatic carbocycles. The van der Waals surface area contributed by atoms with Crippen LogP contribution in [0.25, 0.3) is 10.9 Å². The van der Waals surface area contributed by atoms with Crippen LogP contribution < -0.4 is 5.73 Å². The maximum absolute atomic E-state index is 10.5. The van der Waals surface area contributed by atoms with E-state index in [9.17, 15) is 4.79 Å². The van der Waals surface area contributed by atoms with Crippen molar-refractivity contribution in [3.05, 3.63) is 35.2 Å². The third-order valence-electron chi connectivity index (χ3n) is 1.92. The number of hydrogen-bond donors (Lipinski definition) is 1. The summed E-state index contributed by atoms with van der Waals surface area (Å²) in [5.41, 5.74) is 6.29. The molecule has 2 aromatic rings. The van der Waals surface area contributed by atoms with Crippen molar-refractivity contribution in [3.8, 4) is 11.8 Å². The summed E-state index contributed by atoms with van der Waals surface area (Å²) in [6.07, 6.45) is 1.39. The zero-order valence-electron chi connectivity index (χ0n) is 8.07. The van der Waals surface area contributed by atoms with Gasteiger partial charge in [-0.1, -0.05) is 17.5 Å². The normalized spacial score (nSPS) is 9.56. The van der Waals surface area contributed by atoms with Gasteiger partial charge in [-0.25, -0.2) is 9.97 Å². The molecule has 1 amide bonds. The number of carbonyl (C=O) groups is 1. The number of fused-ring (bicyclic) bond motifs is 1. The number of nitrogens with zero attached hydrogens (tertiary/aromatic N) is 2. The molecule has 1 aromatic heterocycles. The second kappa shape index (κ2) is 4.17. The molecule has 0 saturated heterocycles. The van der Waals surface area contributed by atoms with Crippen molar-refractivity contribution in [2.45, 2.75) is 0 Å². The number of benzene rings is 1. The summed E-state index contributed by atoms with van der Waals surface area (Å²) >= 11 is 5.90. The van der Waals surface area contributed by atoms with Gasteiger partial charge >= 0.3 is 0 Å². The number of rotatable bonds is 0. The van der Waals surface area contributed by atoms with Gasteiger partial charge in [0.05, 0.1) is 5.52 Å². The molecule has 16 heavy (non-hydrogen) atoms. The van der Waals surface area contributed by atoms with Gasteiger partial charge in [0.25, 0.3) is 5.91 Å². The smallest absolute Gasteiger partial charge is 0.293 e. The predicted octanol–water partition coefficient (Wildman–Crippen LogP) is 1.12. The molecule has 0 bridgehead atoms. The maximum Gasteiger partial charge on any atom is 0.293 e. The minimum atomic E-state index is -0.671. The van der Waals surface area contributed by atoms with Crippen molar-refractivity contribution in [1.82, 2.24) is 9.97 Å². The summed E-state index contributed by atoms with van der Waals surface area (Å²) in [6.45, 7) is 0. The second-order valence-corrected chi connectivity index (χ2v) is 3.37. The van der Waals surface area contributed by atoms with Crippen molar-refractivity contribution < 1.29 is 4.79 Å². The van der Waals surface area contributed by atoms with Crippen molar-refractivity contribution in [1.29, 1.82) is 0 Å². The average molecular weight is 232 g/mol. The molecule has 78 valence electrons. The van der Waals surface area contributed by atoms with Crippen LogP contribution in [0.2, 0.25) is 5.15 Å². The summed E-state index contributed by atoms with van der Waals surface area (Å²) in [7, 11) is 0. The van der Waals surface area contributed by atoms with Crippen molar-refractivity contribution >= 4 is 28.4 Å². The first kappa shape index (κ1) is 10.4. The van der Waals surface area contributed by atoms with E-state index in [1.807, 2.05) is 0 Å². The first-order chi connectivity index (χ1) is 7.66. The lowest BCUT2D eigenvalue weighted by Crippen LogP contribution is -2.06. The van der Waals surface area contributed by atoms with Crippen LogP contribution >= 0.6 is 11.6 Å². The highest BCUT2D eigenvalue weighted by atomic mass is 35.5. The molecule has 2 N–H and O–H groups in total. The minimum absolute atomic E-state index is 0.354. The summed E-state index contributed by atoms with van der Waals surface area (Å²) in [6, 6.07) is 5.21. The molecule has 0 aliphatic carbocycles. The van der Waals surface area contributed by atoms with E-state index in [0.717, 1.165) is 5.52 Å². The number of primary amides is 1. The van der Waals surface area contributed by atoms with Crippen LogP contribution in [0, 0.1) is 11.8 Å². The molecule has 5 heteroatoms. The Kier molecular flexibility index (Phi) is 2.71. The van der Waals surface area contributed by atoms with E-state index in [-0.39, 0.29) is 0 Å². The number of hydrogen-bond acceptors (Lipinski definition) is 3. The van der Waals surface area contributed by atoms with Crippen LogP contribution in [0.1, 0.15) is 5.56 Å². The highest BCUT2D eigenvalue weighted by Gasteiger charge is 2.01. The Labute approximate surface area is 96.5 Å². The molecule has 4 nitrogen and oxygen atoms in total. The molecular formula is C11H6ClN3O. The minimum Gasteiger partial charge on any atom is -0.359 e. The van der Waals surface area contributed by atoms with Gasteiger partial charge in [-0.05, 0) is 24.1 Å². The van der Waals surface area contributed by atoms with Crippen LogP contribution in [0.15, 0.2) is 24.5 Å². The molecule has 0 saturated carbocycles. The topological polar surface area (TPSA) is 68.9 Å². The van der Waals surface area contributed by atoms with Gasteiger partial charge in [-0.15, -0.1) is 0 Å². The number of halogens is 1. The molecule has 0 fully saturated rings. The van der Waals surface area contributed by atoms with Crippen LogP contribution in [-0.2, 0) is 4.79 Å². The highest BCUT2D eigenvalue weighted by molar-refractivity contribution is 6.34. The quantitative estimate of drug-likeness (QED) is 0.546. The van der Waals surface area contributed by atoms with Gasteiger partial charge in [0, 0.05) is 10.9 Å². The van der Waals surface area contributed by atoms with E-state index >= 15 is 0 Å². The molecule has 0 radical (unpaired) electrons. The zero-order valence-corrected chi connectivity index (χ0v) is 8.82. The second-order valence-electron chi connectivity index (χ2n) is 3.01. The van der Waals surface area contributed by atoms with E-state index in [4.69, 9.17) is 17.3 Å². The third-order valence-corrected chi connectivity index (χ3v) is 2.22. The summed E-state index contributed by atoms with van der Waals surface area (Å²) in [5, 5.41) is 1.05. The van der Waals surface area contributed by atoms with Gasteiger partial charge in [-0.3, -0.25) is 4.79 Å². The van der Waals surface area contributed by atoms with Crippen LogP contribution in [-0.4, -0.2) is 15.9 Å². The van der Waals surface area contributed by atoms with E-state index in [2.05, 4.69) is 21.8 Å². The van der Waals surface area contributed by atoms with E-state index < -0.39 is 5.91 Å². The summed E-state index contributed by atoms with van der Waals surface area (Å²) in [4.78, 5) is 18.4. The third kappa shape index (κ3) is 2.10. The monoisotopic (exact) mass is 231 g/mol. The fraction of sp³-hybridized carbons (Fsp3) is 0. The number of nitrogens with two attached hydrogens (primary N) is 1. The fourth-order valence-corrected chi connectivity index (χ4v) is 1.43. The molecule has 0 spiro atoms. The lowest BCUT2D eigenvalue weighted by Gasteiger charge is -1.98. The van der Waals surface area contributed by atoms with E-state index in [1.54, 1.807) is 18.2 Å². The molecule has 1 heterocycles. The number of amides is 1. The molecule has 0 aliphatic heterocycles. The number of aromatic nitrogens is 2. The SMILES string of the molecule is NC(=O)C#Cc1ccc2ncnc(Cl)c2c1. The molecule has 0 atom stereocenters. The average Bonchev–Trinajstić information content (AvgIpc) is 2.27. The first-order valence-corrected chi connectivity index (χ1v) is 4.76. The summed E-state index contributed by atoms with van der Waals surface area (Å²) in [5.74, 6) is 4.20. The van der Waals surface area contributed by atoms with Gasteiger partial charge < -0.3 is 5.73 Å². The highest BCUT2D eigenvalue weighted by Crippen LogP contribution is 2.19. The van der Waals surface area contributed by atoms with Crippen molar-refractivity contribution in [2.75, 3.05) is 0 Å². The maximum atomic E-state index is 10.5. The Morgan fingerprint density at radius 1 is 1.38 bits per heavy atom. The molecule has 2 rings (SSSR count). The predicted molar refractivity (Wildman–Crippen MR) is 60.6 cm³/mol. The number of carbonyl (C=O) groups excluding carboxylic acids is 1. The van der Waals surface area contributed by atoms with Gasteiger partial charge in [0.2, 0.25) is 0 Å². The van der Waals surface area contributed by atoms with Gasteiger partial charge in [0.15, 0.2) is 0 Å². The van der Waals surface area contributed by atoms with Gasteiger partial charge in [0.1, 0.15) is 11.5 Å². The standard InChI is InChI=1S/C11H6ClN3O/c12-11-8-5-7(2-4-10(13)16)1-3-9(8)14-6-15-11/h1,3,5-6H,(H2,13,16).